The number of aliphatic hydroxyl groups excluding tert-OH is 4. The summed E-state index contributed by atoms with van der Waals surface area (Å²) in [5.41, 5.74) is 0.372. The number of phenolic OH excluding ortho intramolecular Hbond substituents is 3. The second-order valence-electron chi connectivity index (χ2n) is 7.55. The maximum atomic E-state index is 13.1. The number of ether oxygens (including phenoxy) is 2. The van der Waals surface area contributed by atoms with Gasteiger partial charge in [-0.3, -0.25) is 4.79 Å². The molecule has 0 bridgehead atoms. The van der Waals surface area contributed by atoms with Gasteiger partial charge in [-0.15, -0.1) is 0 Å². The smallest absolute Gasteiger partial charge is 0.229 e. The summed E-state index contributed by atoms with van der Waals surface area (Å²) in [5, 5.41) is 70.2. The third-order valence-corrected chi connectivity index (χ3v) is 7.42. The van der Waals surface area contributed by atoms with Crippen LogP contribution >= 0.6 is 47.8 Å². The molecule has 0 saturated carbocycles. The van der Waals surface area contributed by atoms with E-state index in [2.05, 4.69) is 47.8 Å². The Morgan fingerprint density at radius 1 is 0.971 bits per heavy atom. The number of ketones is 1. The van der Waals surface area contributed by atoms with Gasteiger partial charge in [0.15, 0.2) is 17.3 Å². The van der Waals surface area contributed by atoms with E-state index in [1.165, 1.54) is 6.07 Å². The first-order valence-electron chi connectivity index (χ1n) is 9.88. The van der Waals surface area contributed by atoms with Gasteiger partial charge in [0.25, 0.3) is 0 Å². The van der Waals surface area contributed by atoms with Crippen molar-refractivity contribution in [2.24, 2.45) is 0 Å². The second kappa shape index (κ2) is 11.1. The maximum Gasteiger partial charge on any atom is 0.229 e. The monoisotopic (exact) mass is 670 g/mol. The highest BCUT2D eigenvalue weighted by molar-refractivity contribution is 9.11. The minimum absolute atomic E-state index is 0.0364. The first kappa shape index (κ1) is 27.1. The fourth-order valence-corrected chi connectivity index (χ4v) is 4.96. The molecule has 34 heavy (non-hydrogen) atoms. The number of Topliss-reactive ketones (excluding diaryl/α,β-unsaturated/α-hetero) is 1. The molecule has 0 amide bonds. The van der Waals surface area contributed by atoms with Crippen molar-refractivity contribution in [3.63, 3.8) is 0 Å². The average molecular weight is 673 g/mol. The number of hydrogen-bond acceptors (Lipinski definition) is 10. The third-order valence-electron chi connectivity index (χ3n) is 5.30. The van der Waals surface area contributed by atoms with Crippen LogP contribution in [0.1, 0.15) is 22.3 Å². The van der Waals surface area contributed by atoms with Crippen LogP contribution in [0.3, 0.4) is 0 Å². The zero-order valence-corrected chi connectivity index (χ0v) is 22.0. The van der Waals surface area contributed by atoms with Crippen molar-refractivity contribution in [1.82, 2.24) is 0 Å². The predicted octanol–water partition coefficient (Wildman–Crippen LogP) is 2.09. The lowest BCUT2D eigenvalue weighted by molar-refractivity contribution is -0.277. The number of benzene rings is 2. The quantitative estimate of drug-likeness (QED) is 0.216. The Balaban J connectivity index is 1.94. The van der Waals surface area contributed by atoms with E-state index in [4.69, 9.17) is 9.47 Å². The highest BCUT2D eigenvalue weighted by atomic mass is 79.9. The van der Waals surface area contributed by atoms with Crippen molar-refractivity contribution in [2.45, 2.75) is 43.5 Å². The van der Waals surface area contributed by atoms with Crippen molar-refractivity contribution >= 4 is 53.6 Å². The lowest BCUT2D eigenvalue weighted by atomic mass is 9.99. The van der Waals surface area contributed by atoms with Gasteiger partial charge in [0.05, 0.1) is 11.1 Å². The summed E-state index contributed by atoms with van der Waals surface area (Å²) < 4.78 is 11.0. The highest BCUT2D eigenvalue weighted by Crippen LogP contribution is 2.49. The molecule has 1 saturated heterocycles. The van der Waals surface area contributed by atoms with Crippen LogP contribution in [0.2, 0.25) is 0 Å². The van der Waals surface area contributed by atoms with Crippen LogP contribution in [-0.2, 0) is 11.2 Å². The number of carbonyl (C=O) groups is 1. The lowest BCUT2D eigenvalue weighted by Gasteiger charge is -2.39. The van der Waals surface area contributed by atoms with E-state index < -0.39 is 54.6 Å². The van der Waals surface area contributed by atoms with Gasteiger partial charge in [-0.2, -0.15) is 0 Å². The van der Waals surface area contributed by atoms with Crippen molar-refractivity contribution in [3.05, 3.63) is 42.7 Å². The summed E-state index contributed by atoms with van der Waals surface area (Å²) in [6.45, 7) is -0.698. The van der Waals surface area contributed by atoms with Gasteiger partial charge in [-0.25, -0.2) is 0 Å². The molecule has 2 aromatic rings. The fraction of sp³-hybridized carbons (Fsp3) is 0.381. The molecule has 0 aromatic heterocycles. The molecule has 1 aliphatic heterocycles. The Morgan fingerprint density at radius 3 is 2.26 bits per heavy atom. The molecule has 1 aliphatic rings. The summed E-state index contributed by atoms with van der Waals surface area (Å²) in [4.78, 5) is 13.1. The van der Waals surface area contributed by atoms with Crippen molar-refractivity contribution < 1.29 is 50.0 Å². The molecule has 1 heterocycles. The summed E-state index contributed by atoms with van der Waals surface area (Å²) >= 11 is 9.32. The Labute approximate surface area is 218 Å². The molecule has 0 spiro atoms. The molecule has 2 aromatic carbocycles. The first-order valence-corrected chi connectivity index (χ1v) is 12.3. The molecule has 5 unspecified atom stereocenters. The first-order chi connectivity index (χ1) is 16.0. The second-order valence-corrected chi connectivity index (χ2v) is 9.99. The van der Waals surface area contributed by atoms with E-state index >= 15 is 0 Å². The number of hydrogen-bond donors (Lipinski definition) is 7. The Kier molecular flexibility index (Phi) is 8.85. The molecule has 0 aliphatic carbocycles. The Hall–Kier alpha value is -1.45. The molecule has 186 valence electrons. The third kappa shape index (κ3) is 5.36. The topological polar surface area (TPSA) is 177 Å². The van der Waals surface area contributed by atoms with Gasteiger partial charge >= 0.3 is 0 Å². The highest BCUT2D eigenvalue weighted by Gasteiger charge is 2.45. The van der Waals surface area contributed by atoms with E-state index in [9.17, 15) is 40.5 Å². The molecule has 7 N–H and O–H groups in total. The Bertz CT molecular complexity index is 1080. The predicted molar refractivity (Wildman–Crippen MR) is 128 cm³/mol. The normalized spacial score (nSPS) is 24.7. The van der Waals surface area contributed by atoms with E-state index in [1.54, 1.807) is 12.1 Å². The minimum atomic E-state index is -1.78. The van der Waals surface area contributed by atoms with Crippen LogP contribution in [0.15, 0.2) is 31.6 Å². The van der Waals surface area contributed by atoms with Crippen LogP contribution in [0, 0.1) is 0 Å². The van der Waals surface area contributed by atoms with E-state index in [1.807, 2.05) is 0 Å². The number of halogens is 3. The summed E-state index contributed by atoms with van der Waals surface area (Å²) in [6, 6.07) is 4.72. The number of phenols is 3. The van der Waals surface area contributed by atoms with Crippen LogP contribution in [0.25, 0.3) is 0 Å². The molecule has 3 rings (SSSR count). The zero-order chi connectivity index (χ0) is 25.3. The molecule has 13 heteroatoms. The molecule has 5 atom stereocenters. The lowest BCUT2D eigenvalue weighted by Crippen LogP contribution is -2.60. The number of carbonyl (C=O) groups excluding carboxylic acids is 1. The van der Waals surface area contributed by atoms with Crippen LogP contribution < -0.4 is 4.74 Å². The fourth-order valence-electron chi connectivity index (χ4n) is 3.38. The van der Waals surface area contributed by atoms with Gasteiger partial charge in [0.2, 0.25) is 6.29 Å². The van der Waals surface area contributed by atoms with Gasteiger partial charge in [0.1, 0.15) is 50.4 Å². The van der Waals surface area contributed by atoms with Crippen LogP contribution in [-0.4, -0.2) is 78.8 Å². The molecular formula is C21H21Br3O10. The van der Waals surface area contributed by atoms with Gasteiger partial charge in [0, 0.05) is 6.42 Å². The van der Waals surface area contributed by atoms with E-state index in [-0.39, 0.29) is 38.8 Å². The number of aliphatic hydroxyl groups is 4. The summed E-state index contributed by atoms with van der Waals surface area (Å²) in [6.07, 6.45) is -7.96. The molecule has 0 radical (unpaired) electrons. The van der Waals surface area contributed by atoms with E-state index in [0.29, 0.717) is 10.0 Å². The van der Waals surface area contributed by atoms with Gasteiger partial charge in [-0.05, 0) is 71.9 Å². The van der Waals surface area contributed by atoms with E-state index in [0.717, 1.165) is 0 Å². The van der Waals surface area contributed by atoms with Crippen molar-refractivity contribution in [1.29, 1.82) is 0 Å². The largest absolute Gasteiger partial charge is 0.507 e. The molecule has 1 fully saturated rings. The maximum absolute atomic E-state index is 13.1. The zero-order valence-electron chi connectivity index (χ0n) is 17.2. The summed E-state index contributed by atoms with van der Waals surface area (Å²) in [5.74, 6) is -2.07. The van der Waals surface area contributed by atoms with Crippen LogP contribution in [0.5, 0.6) is 23.0 Å². The van der Waals surface area contributed by atoms with Gasteiger partial charge < -0.3 is 45.2 Å². The Morgan fingerprint density at radius 2 is 1.65 bits per heavy atom. The standard InChI is InChI=1S/C21H21Br3O10/c22-8-5-7(1-3-9(8)26)2-4-10(27)12-16(29)13(23)17(30)14(24)20(12)34-21-19(32)18(31)15(28)11(6-25)33-21/h1,3,5,11,15,18-19,21,25-26,28-32H,2,4,6H2. The summed E-state index contributed by atoms with van der Waals surface area (Å²) in [7, 11) is 0. The number of aromatic hydroxyl groups is 3. The number of aryl methyl sites for hydroxylation is 1. The SMILES string of the molecule is O=C(CCc1ccc(O)c(Br)c1)c1c(O)c(Br)c(O)c(Br)c1OC1OC(CO)C(O)C(O)C1O. The molecule has 10 nitrogen and oxygen atoms in total. The van der Waals surface area contributed by atoms with Crippen molar-refractivity contribution in [3.8, 4) is 23.0 Å². The van der Waals surface area contributed by atoms with Crippen LogP contribution in [0.4, 0.5) is 0 Å². The van der Waals surface area contributed by atoms with Crippen molar-refractivity contribution in [2.75, 3.05) is 6.61 Å². The average Bonchev–Trinajstić information content (AvgIpc) is 2.81. The van der Waals surface area contributed by atoms with Gasteiger partial charge in [-0.1, -0.05) is 6.07 Å². The molecular weight excluding hydrogens is 652 g/mol. The number of rotatable bonds is 7. The minimum Gasteiger partial charge on any atom is -0.507 e.